The maximum Gasteiger partial charge on any atom is 0.407 e. The first-order valence-corrected chi connectivity index (χ1v) is 34.7. The van der Waals surface area contributed by atoms with E-state index in [4.69, 9.17) is 81.1 Å². The number of piperazine rings is 1. The minimum Gasteiger partial charge on any atom is -0.463 e. The number of alkyl halides is 1. The molecule has 536 valence electrons. The van der Waals surface area contributed by atoms with Crippen molar-refractivity contribution >= 4 is 81.9 Å². The van der Waals surface area contributed by atoms with E-state index in [1.54, 1.807) is 41.4 Å². The Hall–Kier alpha value is -7.08. The molecule has 3 heterocycles. The third kappa shape index (κ3) is 38.0. The van der Waals surface area contributed by atoms with Crippen LogP contribution in [0.3, 0.4) is 0 Å². The van der Waals surface area contributed by atoms with E-state index in [1.807, 2.05) is 58.0 Å². The molecule has 1 saturated heterocycles. The Morgan fingerprint density at radius 3 is 2.02 bits per heavy atom. The zero-order valence-electron chi connectivity index (χ0n) is 56.5. The highest BCUT2D eigenvalue weighted by molar-refractivity contribution is 7.13. The Labute approximate surface area is 583 Å². The molecule has 0 saturated carbocycles. The number of benzene rings is 2. The standard InChI is InChI=1S/C40H49ClN10O6S.C27H48ClNO10/c1-4-55-18-19-56-20-21-57-40(54)43-12-13-51(26-30-8-10-31(11-9-30)47-48-42)39(53)27-49-14-16-50(17-15-49)37-22-32(45-29(3)46-37)23-38-44-25-36(58-38)35(52)24-33-28(2)6-5-7-34(33)41;1-2-10-25(30)37-16-7-8-17-39-27(32)29-13-18-35-21-22-36-23-24-38-26(31)11-9-15-34-20-19-33-14-6-4-3-5-12-28/h5-11,22,25H,4,12-21,23-24,26-27H2,1-3H3,(H,43,54);7-8H,2-6,9-24H2,1H3,(H,29,32)/b;8-7+. The lowest BCUT2D eigenvalue weighted by atomic mass is 10.0. The van der Waals surface area contributed by atoms with E-state index in [1.165, 1.54) is 11.3 Å². The summed E-state index contributed by atoms with van der Waals surface area (Å²) in [7, 11) is 0. The summed E-state index contributed by atoms with van der Waals surface area (Å²) in [6.45, 7) is 17.3. The number of nitrogens with one attached hydrogen (secondary N) is 2. The highest BCUT2D eigenvalue weighted by Crippen LogP contribution is 2.25. The van der Waals surface area contributed by atoms with E-state index in [9.17, 15) is 28.8 Å². The lowest BCUT2D eigenvalue weighted by Crippen LogP contribution is -2.51. The monoisotopic (exact) mass is 1410 g/mol. The van der Waals surface area contributed by atoms with Gasteiger partial charge in [0.15, 0.2) is 5.78 Å². The minimum absolute atomic E-state index is 0.0250. The summed E-state index contributed by atoms with van der Waals surface area (Å²) in [6.07, 6.45) is 10.8. The van der Waals surface area contributed by atoms with Gasteiger partial charge in [0, 0.05) is 132 Å². The zero-order valence-corrected chi connectivity index (χ0v) is 58.9. The molecular formula is C67H97Cl2N11O16S. The van der Waals surface area contributed by atoms with Crippen molar-refractivity contribution in [1.82, 2.24) is 35.4 Å². The topological polar surface area (TPSA) is 316 Å². The second-order valence-corrected chi connectivity index (χ2v) is 23.7. The molecule has 0 aliphatic carbocycles. The summed E-state index contributed by atoms with van der Waals surface area (Å²) < 4.78 is 52.4. The summed E-state index contributed by atoms with van der Waals surface area (Å²) in [6, 6.07) is 14.6. The van der Waals surface area contributed by atoms with Crippen molar-refractivity contribution < 1.29 is 76.1 Å². The number of halogens is 2. The molecule has 1 fully saturated rings. The number of unbranched alkanes of at least 4 members (excludes halogenated alkanes) is 3. The number of alkyl carbamates (subject to hydrolysis) is 2. The molecular weight excluding hydrogens is 1320 g/mol. The van der Waals surface area contributed by atoms with Crippen molar-refractivity contribution in [3.8, 4) is 0 Å². The van der Waals surface area contributed by atoms with Crippen LogP contribution in [0.1, 0.15) is 108 Å². The van der Waals surface area contributed by atoms with Gasteiger partial charge in [-0.15, -0.1) is 22.9 Å². The Balaban J connectivity index is 0.000000449. The fourth-order valence-corrected chi connectivity index (χ4v) is 10.4. The molecule has 2 aromatic heterocycles. The van der Waals surface area contributed by atoms with Crippen LogP contribution in [0.15, 0.2) is 72.0 Å². The van der Waals surface area contributed by atoms with Crippen molar-refractivity contribution in [3.05, 3.63) is 120 Å². The number of azide groups is 1. The molecule has 2 aromatic carbocycles. The zero-order chi connectivity index (χ0) is 69.9. The number of Topliss-reactive ketones (excluding diaryl/α,β-unsaturated/α-hetero) is 1. The summed E-state index contributed by atoms with van der Waals surface area (Å²) in [5.74, 6) is 1.51. The number of aromatic nitrogens is 3. The number of anilines is 1. The number of hydrogen-bond donors (Lipinski definition) is 2. The number of amides is 3. The maximum absolute atomic E-state index is 13.7. The highest BCUT2D eigenvalue weighted by atomic mass is 35.5. The molecule has 0 unspecified atom stereocenters. The Morgan fingerprint density at radius 1 is 0.701 bits per heavy atom. The van der Waals surface area contributed by atoms with Crippen molar-refractivity contribution in [2.24, 2.45) is 5.11 Å². The molecule has 0 bridgehead atoms. The summed E-state index contributed by atoms with van der Waals surface area (Å²) >= 11 is 13.4. The average molecular weight is 1420 g/mol. The quantitative estimate of drug-likeness (QED) is 0.00478. The largest absolute Gasteiger partial charge is 0.463 e. The molecule has 4 aromatic rings. The molecule has 1 aliphatic rings. The van der Waals surface area contributed by atoms with Gasteiger partial charge in [-0.3, -0.25) is 24.1 Å². The summed E-state index contributed by atoms with van der Waals surface area (Å²) in [5.41, 5.74) is 12.7. The van der Waals surface area contributed by atoms with E-state index < -0.39 is 12.2 Å². The number of thiazole rings is 1. The SMILES string of the molecule is CCCC(=O)OC/C=C/COC(=O)NCCOCCOCCOC(=O)CCCOCCOCCCCCCCl.CCOCCOCCOC(=O)NCCN(Cc1ccc(N=[N+]=[N-])cc1)C(=O)CN1CCN(c2cc(Cc3ncc(C(=O)Cc4c(C)cccc4Cl)s3)nc(C)n2)CC1. The third-order valence-electron chi connectivity index (χ3n) is 14.2. The summed E-state index contributed by atoms with van der Waals surface area (Å²) in [4.78, 5) is 96.8. The van der Waals surface area contributed by atoms with Gasteiger partial charge in [0.05, 0.1) is 81.6 Å². The van der Waals surface area contributed by atoms with Crippen LogP contribution in [0.25, 0.3) is 10.4 Å². The van der Waals surface area contributed by atoms with Gasteiger partial charge in [0.1, 0.15) is 38.1 Å². The van der Waals surface area contributed by atoms with E-state index in [0.717, 1.165) is 77.8 Å². The van der Waals surface area contributed by atoms with Crippen molar-refractivity contribution in [2.75, 3.05) is 169 Å². The van der Waals surface area contributed by atoms with Crippen LogP contribution in [0, 0.1) is 13.8 Å². The molecule has 0 spiro atoms. The minimum atomic E-state index is -0.593. The predicted molar refractivity (Wildman–Crippen MR) is 369 cm³/mol. The lowest BCUT2D eigenvalue weighted by Gasteiger charge is -2.36. The van der Waals surface area contributed by atoms with Crippen LogP contribution in [0.4, 0.5) is 21.1 Å². The smallest absolute Gasteiger partial charge is 0.407 e. The molecule has 0 atom stereocenters. The first kappa shape index (κ1) is 82.3. The van der Waals surface area contributed by atoms with Crippen molar-refractivity contribution in [2.45, 2.75) is 98.4 Å². The molecule has 2 N–H and O–H groups in total. The molecule has 0 radical (unpaired) electrons. The van der Waals surface area contributed by atoms with Gasteiger partial charge in [-0.05, 0) is 86.9 Å². The van der Waals surface area contributed by atoms with Crippen LogP contribution >= 0.6 is 34.5 Å². The van der Waals surface area contributed by atoms with Gasteiger partial charge in [0.2, 0.25) is 5.91 Å². The normalized spacial score (nSPS) is 12.1. The van der Waals surface area contributed by atoms with Gasteiger partial charge in [-0.1, -0.05) is 72.9 Å². The number of esters is 2. The molecule has 27 nitrogen and oxygen atoms in total. The van der Waals surface area contributed by atoms with Crippen LogP contribution in [0.5, 0.6) is 0 Å². The summed E-state index contributed by atoms with van der Waals surface area (Å²) in [5, 5.41) is 10.3. The number of hydrogen-bond acceptors (Lipinski definition) is 23. The van der Waals surface area contributed by atoms with Gasteiger partial charge < -0.3 is 67.8 Å². The molecule has 5 rings (SSSR count). The Kier molecular flexibility index (Phi) is 44.2. The predicted octanol–water partition coefficient (Wildman–Crippen LogP) is 9.89. The first-order chi connectivity index (χ1) is 47.2. The second-order valence-electron chi connectivity index (χ2n) is 21.8. The Morgan fingerprint density at radius 2 is 1.33 bits per heavy atom. The molecule has 97 heavy (non-hydrogen) atoms. The van der Waals surface area contributed by atoms with Crippen LogP contribution < -0.4 is 15.5 Å². The number of carbonyl (C=O) groups is 6. The van der Waals surface area contributed by atoms with Gasteiger partial charge >= 0.3 is 24.1 Å². The number of carbonyl (C=O) groups excluding carboxylic acids is 6. The number of ketones is 1. The van der Waals surface area contributed by atoms with Crippen LogP contribution in [-0.4, -0.2) is 225 Å². The number of ether oxygens (including phenoxy) is 10. The van der Waals surface area contributed by atoms with Gasteiger partial charge in [-0.2, -0.15) is 0 Å². The fourth-order valence-electron chi connectivity index (χ4n) is 9.09. The number of rotatable bonds is 49. The van der Waals surface area contributed by atoms with E-state index in [2.05, 4.69) is 40.4 Å². The molecule has 3 amide bonds. The number of aryl methyl sites for hydroxylation is 2. The van der Waals surface area contributed by atoms with Gasteiger partial charge in [-0.25, -0.2) is 24.5 Å². The van der Waals surface area contributed by atoms with Gasteiger partial charge in [0.25, 0.3) is 0 Å². The number of nitrogens with zero attached hydrogens (tertiary/aromatic N) is 9. The fraction of sp³-hybridized carbons (Fsp3) is 0.597. The maximum atomic E-state index is 13.7. The van der Waals surface area contributed by atoms with E-state index >= 15 is 0 Å². The first-order valence-electron chi connectivity index (χ1n) is 33.0. The second kappa shape index (κ2) is 52.0. The van der Waals surface area contributed by atoms with E-state index in [-0.39, 0.29) is 89.3 Å². The highest BCUT2D eigenvalue weighted by Gasteiger charge is 2.24. The molecule has 1 aliphatic heterocycles. The van der Waals surface area contributed by atoms with E-state index in [0.29, 0.717) is 146 Å². The lowest BCUT2D eigenvalue weighted by molar-refractivity contribution is -0.146. The van der Waals surface area contributed by atoms with Crippen molar-refractivity contribution in [1.29, 1.82) is 0 Å². The molecule has 30 heteroatoms. The van der Waals surface area contributed by atoms with Crippen LogP contribution in [0.2, 0.25) is 5.02 Å². The average Bonchev–Trinajstić information content (AvgIpc) is 1.82. The van der Waals surface area contributed by atoms with Crippen molar-refractivity contribution in [3.63, 3.8) is 0 Å². The van der Waals surface area contributed by atoms with Crippen LogP contribution in [-0.2, 0) is 81.1 Å². The Bertz CT molecular complexity index is 2970. The third-order valence-corrected chi connectivity index (χ3v) is 15.8.